The molecule has 0 radical (unpaired) electrons. The molecule has 130 valence electrons. The van der Waals surface area contributed by atoms with E-state index in [-0.39, 0.29) is 18.2 Å². The fourth-order valence-electron chi connectivity index (χ4n) is 2.38. The Morgan fingerprint density at radius 2 is 2.12 bits per heavy atom. The Balaban J connectivity index is 2.16. The molecule has 3 N–H and O–H groups in total. The third-order valence-corrected chi connectivity index (χ3v) is 3.54. The van der Waals surface area contributed by atoms with E-state index >= 15 is 0 Å². The molecule has 3 amide bonds. The van der Waals surface area contributed by atoms with Gasteiger partial charge < -0.3 is 20.7 Å². The minimum atomic E-state index is -1.22. The second-order valence-electron chi connectivity index (χ2n) is 5.52. The number of nitrogens with two attached hydrogens (primary N) is 1. The number of benzene rings is 1. The Labute approximate surface area is 138 Å². The number of nitrogens with one attached hydrogen (secondary N) is 1. The molecule has 1 atom stereocenters. The number of primary amides is 1. The van der Waals surface area contributed by atoms with Crippen LogP contribution in [0.4, 0.5) is 15.8 Å². The van der Waals surface area contributed by atoms with E-state index in [2.05, 4.69) is 5.32 Å². The van der Waals surface area contributed by atoms with Crippen LogP contribution < -0.4 is 16.0 Å². The predicted octanol–water partition coefficient (Wildman–Crippen LogP) is -0.457. The Kier molecular flexibility index (Phi) is 5.47. The maximum Gasteiger partial charge on any atom is 0.253 e. The second kappa shape index (κ2) is 7.37. The van der Waals surface area contributed by atoms with Gasteiger partial charge in [0.15, 0.2) is 6.04 Å². The van der Waals surface area contributed by atoms with Crippen molar-refractivity contribution in [1.82, 2.24) is 4.90 Å². The highest BCUT2D eigenvalue weighted by atomic mass is 19.1. The first-order chi connectivity index (χ1) is 11.3. The predicted molar refractivity (Wildman–Crippen MR) is 84.9 cm³/mol. The average molecular weight is 338 g/mol. The lowest BCUT2D eigenvalue weighted by molar-refractivity contribution is -0.131. The molecule has 8 nitrogen and oxygen atoms in total. The van der Waals surface area contributed by atoms with Gasteiger partial charge in [0.25, 0.3) is 11.8 Å². The topological polar surface area (TPSA) is 105 Å². The molecule has 0 aromatic heterocycles. The minimum absolute atomic E-state index is 0.0523. The first-order valence-electron chi connectivity index (χ1n) is 7.25. The van der Waals surface area contributed by atoms with Gasteiger partial charge in [-0.2, -0.15) is 0 Å². The van der Waals surface area contributed by atoms with E-state index in [1.165, 1.54) is 36.0 Å². The number of amides is 3. The second-order valence-corrected chi connectivity index (χ2v) is 5.52. The Morgan fingerprint density at radius 1 is 1.42 bits per heavy atom. The number of ether oxygens (including phenoxy) is 1. The van der Waals surface area contributed by atoms with Crippen molar-refractivity contribution in [1.29, 1.82) is 0 Å². The van der Waals surface area contributed by atoms with Crippen LogP contribution in [0, 0.1) is 5.82 Å². The van der Waals surface area contributed by atoms with E-state index in [0.717, 1.165) is 6.07 Å². The molecular weight excluding hydrogens is 319 g/mol. The van der Waals surface area contributed by atoms with E-state index in [1.807, 2.05) is 0 Å². The number of carbonyl (C=O) groups excluding carboxylic acids is 3. The molecule has 9 heteroatoms. The summed E-state index contributed by atoms with van der Waals surface area (Å²) in [6, 6.07) is 2.77. The molecule has 1 saturated heterocycles. The van der Waals surface area contributed by atoms with Crippen molar-refractivity contribution >= 4 is 29.1 Å². The van der Waals surface area contributed by atoms with Gasteiger partial charge in [-0.3, -0.25) is 19.3 Å². The van der Waals surface area contributed by atoms with E-state index in [0.29, 0.717) is 18.8 Å². The number of hydrogen-bond acceptors (Lipinski definition) is 5. The van der Waals surface area contributed by atoms with Gasteiger partial charge in [0.05, 0.1) is 12.3 Å². The molecule has 0 aliphatic carbocycles. The molecule has 24 heavy (non-hydrogen) atoms. The van der Waals surface area contributed by atoms with Gasteiger partial charge in [0.1, 0.15) is 12.4 Å². The zero-order valence-electron chi connectivity index (χ0n) is 13.4. The highest BCUT2D eigenvalue weighted by molar-refractivity contribution is 6.09. The molecule has 0 saturated carbocycles. The van der Waals surface area contributed by atoms with Crippen LogP contribution in [0.2, 0.25) is 0 Å². The number of halogens is 1. The van der Waals surface area contributed by atoms with Crippen molar-refractivity contribution in [3.8, 4) is 0 Å². The summed E-state index contributed by atoms with van der Waals surface area (Å²) in [6.45, 7) is 0.645. The number of rotatable bonds is 5. The lowest BCUT2D eigenvalue weighted by Crippen LogP contribution is -2.49. The van der Waals surface area contributed by atoms with Gasteiger partial charge in [-0.05, 0) is 32.3 Å². The largest absolute Gasteiger partial charge is 0.370 e. The van der Waals surface area contributed by atoms with Crippen molar-refractivity contribution in [2.75, 3.05) is 44.1 Å². The van der Waals surface area contributed by atoms with Gasteiger partial charge >= 0.3 is 0 Å². The molecular formula is C15H19FN4O4. The van der Waals surface area contributed by atoms with Gasteiger partial charge in [0, 0.05) is 12.2 Å². The van der Waals surface area contributed by atoms with E-state index in [4.69, 9.17) is 10.5 Å². The van der Waals surface area contributed by atoms with Crippen LogP contribution in [-0.4, -0.2) is 62.5 Å². The van der Waals surface area contributed by atoms with Gasteiger partial charge in [-0.15, -0.1) is 0 Å². The van der Waals surface area contributed by atoms with Crippen LogP contribution in [0.15, 0.2) is 18.2 Å². The zero-order chi connectivity index (χ0) is 17.9. The Bertz CT molecular complexity index is 665. The first kappa shape index (κ1) is 17.8. The highest BCUT2D eigenvalue weighted by Crippen LogP contribution is 2.23. The number of likely N-dealkylation sites (N-methyl/N-ethyl adjacent to an activating group) is 1. The molecule has 0 unspecified atom stereocenters. The lowest BCUT2D eigenvalue weighted by atomic mass is 10.2. The summed E-state index contributed by atoms with van der Waals surface area (Å²) in [5, 5.41) is 2.33. The number of nitrogens with zero attached hydrogens (tertiary/aromatic N) is 2. The molecule has 0 bridgehead atoms. The number of anilines is 2. The maximum atomic E-state index is 14.2. The molecule has 1 fully saturated rings. The molecule has 1 heterocycles. The van der Waals surface area contributed by atoms with Crippen LogP contribution in [0.1, 0.15) is 0 Å². The van der Waals surface area contributed by atoms with Crippen LogP contribution in [-0.2, 0) is 19.1 Å². The van der Waals surface area contributed by atoms with Crippen LogP contribution >= 0.6 is 0 Å². The monoisotopic (exact) mass is 338 g/mol. The summed E-state index contributed by atoms with van der Waals surface area (Å²) in [6.07, 6.45) is 0. The highest BCUT2D eigenvalue weighted by Gasteiger charge is 2.27. The summed E-state index contributed by atoms with van der Waals surface area (Å²) in [4.78, 5) is 37.9. The SMILES string of the molecule is CN(C)[C@@H](C(N)=O)C(=O)Nc1ccc(N2CCOCC2=O)cc1F. The van der Waals surface area contributed by atoms with E-state index in [9.17, 15) is 18.8 Å². The Hall–Kier alpha value is -2.52. The minimum Gasteiger partial charge on any atom is -0.370 e. The Morgan fingerprint density at radius 3 is 2.67 bits per heavy atom. The summed E-state index contributed by atoms with van der Waals surface area (Å²) < 4.78 is 19.3. The van der Waals surface area contributed by atoms with Crippen molar-refractivity contribution in [3.05, 3.63) is 24.0 Å². The first-order valence-corrected chi connectivity index (χ1v) is 7.25. The van der Waals surface area contributed by atoms with Crippen molar-refractivity contribution in [3.63, 3.8) is 0 Å². The third kappa shape index (κ3) is 3.87. The quantitative estimate of drug-likeness (QED) is 0.707. The molecule has 1 aliphatic rings. The van der Waals surface area contributed by atoms with Gasteiger partial charge in [-0.1, -0.05) is 0 Å². The lowest BCUT2D eigenvalue weighted by Gasteiger charge is -2.27. The summed E-state index contributed by atoms with van der Waals surface area (Å²) in [7, 11) is 3.02. The smallest absolute Gasteiger partial charge is 0.253 e. The maximum absolute atomic E-state index is 14.2. The van der Waals surface area contributed by atoms with E-state index < -0.39 is 23.7 Å². The average Bonchev–Trinajstić information content (AvgIpc) is 2.49. The van der Waals surface area contributed by atoms with Crippen LogP contribution in [0.5, 0.6) is 0 Å². The van der Waals surface area contributed by atoms with Crippen LogP contribution in [0.25, 0.3) is 0 Å². The third-order valence-electron chi connectivity index (χ3n) is 3.54. The van der Waals surface area contributed by atoms with Crippen molar-refractivity contribution in [2.45, 2.75) is 6.04 Å². The molecule has 2 rings (SSSR count). The molecule has 0 spiro atoms. The van der Waals surface area contributed by atoms with Gasteiger partial charge in [-0.25, -0.2) is 4.39 Å². The zero-order valence-corrected chi connectivity index (χ0v) is 13.4. The normalized spacial score (nSPS) is 16.2. The fraction of sp³-hybridized carbons (Fsp3) is 0.400. The van der Waals surface area contributed by atoms with E-state index in [1.54, 1.807) is 0 Å². The van der Waals surface area contributed by atoms with Crippen LogP contribution in [0.3, 0.4) is 0 Å². The molecule has 1 aromatic carbocycles. The summed E-state index contributed by atoms with van der Waals surface area (Å²) >= 11 is 0. The molecule has 1 aromatic rings. The van der Waals surface area contributed by atoms with Crippen molar-refractivity contribution < 1.29 is 23.5 Å². The summed E-state index contributed by atoms with van der Waals surface area (Å²) in [5.74, 6) is -2.56. The molecule has 1 aliphatic heterocycles. The number of hydrogen-bond donors (Lipinski definition) is 2. The number of carbonyl (C=O) groups is 3. The van der Waals surface area contributed by atoms with Crippen molar-refractivity contribution in [2.24, 2.45) is 5.73 Å². The number of morpholine rings is 1. The standard InChI is InChI=1S/C15H19FN4O4/c1-19(2)13(14(17)22)15(23)18-11-4-3-9(7-10(11)16)20-5-6-24-8-12(20)21/h3-4,7,13H,5-6,8H2,1-2H3,(H2,17,22)(H,18,23)/t13-/m0/s1. The van der Waals surface area contributed by atoms with Gasteiger partial charge in [0.2, 0.25) is 5.91 Å². The fourth-order valence-corrected chi connectivity index (χ4v) is 2.38. The summed E-state index contributed by atoms with van der Waals surface area (Å²) in [5.41, 5.74) is 5.45.